The molecule has 0 aliphatic heterocycles. The summed E-state index contributed by atoms with van der Waals surface area (Å²) < 4.78 is 0.861. The van der Waals surface area contributed by atoms with Gasteiger partial charge < -0.3 is 5.32 Å². The lowest BCUT2D eigenvalue weighted by Gasteiger charge is -2.07. The van der Waals surface area contributed by atoms with Crippen LogP contribution in [0.15, 0.2) is 34.1 Å². The maximum Gasteiger partial charge on any atom is 0.324 e. The Bertz CT molecular complexity index is 588. The highest BCUT2D eigenvalue weighted by atomic mass is 79.9. The van der Waals surface area contributed by atoms with Gasteiger partial charge in [-0.3, -0.25) is 10.1 Å². The summed E-state index contributed by atoms with van der Waals surface area (Å²) in [6.07, 6.45) is 0. The van der Waals surface area contributed by atoms with E-state index >= 15 is 0 Å². The van der Waals surface area contributed by atoms with Crippen molar-refractivity contribution >= 4 is 49.6 Å². The number of thiophene rings is 1. The van der Waals surface area contributed by atoms with Crippen molar-refractivity contribution in [3.63, 3.8) is 0 Å². The van der Waals surface area contributed by atoms with Crippen molar-refractivity contribution in [3.05, 3.63) is 54.8 Å². The van der Waals surface area contributed by atoms with Crippen LogP contribution in [0.2, 0.25) is 5.02 Å². The van der Waals surface area contributed by atoms with Gasteiger partial charge in [0, 0.05) is 33.2 Å². The lowest BCUT2D eigenvalue weighted by molar-refractivity contribution is -0.380. The largest absolute Gasteiger partial charge is 0.380 e. The van der Waals surface area contributed by atoms with Crippen LogP contribution in [0.4, 0.5) is 10.7 Å². The molecule has 1 N–H and O–H groups in total. The molecular weight excluding hydrogens is 340 g/mol. The average molecular weight is 348 g/mol. The number of hydrogen-bond donors (Lipinski definition) is 1. The Morgan fingerprint density at radius 3 is 2.83 bits per heavy atom. The second kappa shape index (κ2) is 5.69. The number of hydrogen-bond acceptors (Lipinski definition) is 4. The number of halogens is 2. The van der Waals surface area contributed by atoms with E-state index in [0.717, 1.165) is 27.1 Å². The van der Waals surface area contributed by atoms with E-state index in [0.29, 0.717) is 11.6 Å². The predicted octanol–water partition coefficient (Wildman–Crippen LogP) is 4.68. The second-order valence-electron chi connectivity index (χ2n) is 3.53. The van der Waals surface area contributed by atoms with Gasteiger partial charge in [0.2, 0.25) is 0 Å². The first-order valence-electron chi connectivity index (χ1n) is 4.97. The maximum absolute atomic E-state index is 10.6. The molecule has 1 aromatic carbocycles. The summed E-state index contributed by atoms with van der Waals surface area (Å²) in [4.78, 5) is 10.2. The van der Waals surface area contributed by atoms with Crippen LogP contribution in [0.1, 0.15) is 5.56 Å². The van der Waals surface area contributed by atoms with E-state index in [-0.39, 0.29) is 9.92 Å². The summed E-state index contributed by atoms with van der Waals surface area (Å²) in [5, 5.41) is 16.3. The molecule has 4 nitrogen and oxygen atoms in total. The number of anilines is 1. The van der Waals surface area contributed by atoms with Crippen LogP contribution in [0.3, 0.4) is 0 Å². The number of rotatable bonds is 4. The minimum atomic E-state index is -0.383. The predicted molar refractivity (Wildman–Crippen MR) is 77.5 cm³/mol. The maximum atomic E-state index is 10.6. The number of nitrogens with one attached hydrogen (secondary N) is 1. The van der Waals surface area contributed by atoms with Crippen molar-refractivity contribution in [2.45, 2.75) is 6.54 Å². The third-order valence-corrected chi connectivity index (χ3v) is 4.05. The van der Waals surface area contributed by atoms with E-state index in [1.165, 1.54) is 0 Å². The zero-order valence-electron chi connectivity index (χ0n) is 9.02. The molecular formula is C11H8BrClN2O2S. The molecule has 0 spiro atoms. The molecule has 0 aliphatic rings. The lowest BCUT2D eigenvalue weighted by Crippen LogP contribution is -1.98. The van der Waals surface area contributed by atoms with Crippen LogP contribution >= 0.6 is 38.9 Å². The van der Waals surface area contributed by atoms with Gasteiger partial charge in [-0.25, -0.2) is 0 Å². The number of benzene rings is 1. The minimum Gasteiger partial charge on any atom is -0.380 e. The molecule has 7 heteroatoms. The van der Waals surface area contributed by atoms with Gasteiger partial charge in [-0.2, -0.15) is 0 Å². The molecule has 2 aromatic rings. The molecule has 0 saturated heterocycles. The highest BCUT2D eigenvalue weighted by Gasteiger charge is 2.09. The summed E-state index contributed by atoms with van der Waals surface area (Å²) >= 11 is 10.4. The van der Waals surface area contributed by atoms with Crippen molar-refractivity contribution in [1.82, 2.24) is 0 Å². The van der Waals surface area contributed by atoms with Gasteiger partial charge in [-0.15, -0.1) is 0 Å². The third kappa shape index (κ3) is 3.22. The Kier molecular flexibility index (Phi) is 4.21. The summed E-state index contributed by atoms with van der Waals surface area (Å²) in [6, 6.07) is 7.00. The Morgan fingerprint density at radius 1 is 1.44 bits per heavy atom. The van der Waals surface area contributed by atoms with Crippen molar-refractivity contribution in [1.29, 1.82) is 0 Å². The molecule has 0 aliphatic carbocycles. The van der Waals surface area contributed by atoms with E-state index < -0.39 is 0 Å². The molecule has 0 amide bonds. The Labute approximate surface area is 121 Å². The molecule has 94 valence electrons. The highest BCUT2D eigenvalue weighted by Crippen LogP contribution is 2.27. The Morgan fingerprint density at radius 2 is 2.22 bits per heavy atom. The molecule has 0 unspecified atom stereocenters. The van der Waals surface area contributed by atoms with E-state index in [4.69, 9.17) is 11.6 Å². The number of nitrogens with zero attached hydrogens (tertiary/aromatic N) is 1. The number of nitro groups is 1. The Hall–Kier alpha value is -1.11. The molecule has 0 saturated carbocycles. The Balaban J connectivity index is 2.04. The van der Waals surface area contributed by atoms with Gasteiger partial charge in [-0.1, -0.05) is 22.9 Å². The smallest absolute Gasteiger partial charge is 0.324 e. The van der Waals surface area contributed by atoms with Crippen molar-refractivity contribution in [3.8, 4) is 0 Å². The van der Waals surface area contributed by atoms with Gasteiger partial charge in [0.05, 0.1) is 4.92 Å². The van der Waals surface area contributed by atoms with Gasteiger partial charge in [0.25, 0.3) is 0 Å². The first kappa shape index (κ1) is 13.3. The zero-order valence-corrected chi connectivity index (χ0v) is 12.2. The molecule has 2 rings (SSSR count). The third-order valence-electron chi connectivity index (χ3n) is 2.23. The summed E-state index contributed by atoms with van der Waals surface area (Å²) in [5.74, 6) is 0. The molecule has 18 heavy (non-hydrogen) atoms. The molecule has 1 heterocycles. The quantitative estimate of drug-likeness (QED) is 0.645. The van der Waals surface area contributed by atoms with E-state index in [1.54, 1.807) is 23.6 Å². The molecule has 0 fully saturated rings. The molecule has 0 atom stereocenters. The normalized spacial score (nSPS) is 10.3. The topological polar surface area (TPSA) is 55.2 Å². The van der Waals surface area contributed by atoms with Crippen LogP contribution in [0, 0.1) is 10.1 Å². The fourth-order valence-electron chi connectivity index (χ4n) is 1.38. The summed E-state index contributed by atoms with van der Waals surface area (Å²) in [7, 11) is 0. The van der Waals surface area contributed by atoms with Crippen LogP contribution < -0.4 is 5.32 Å². The highest BCUT2D eigenvalue weighted by molar-refractivity contribution is 9.10. The van der Waals surface area contributed by atoms with E-state index in [1.807, 2.05) is 6.07 Å². The van der Waals surface area contributed by atoms with E-state index in [2.05, 4.69) is 21.2 Å². The molecule has 0 bridgehead atoms. The zero-order chi connectivity index (χ0) is 13.1. The van der Waals surface area contributed by atoms with E-state index in [9.17, 15) is 10.1 Å². The average Bonchev–Trinajstić information content (AvgIpc) is 2.76. The molecule has 0 radical (unpaired) electrons. The van der Waals surface area contributed by atoms with Gasteiger partial charge in [0.1, 0.15) is 0 Å². The van der Waals surface area contributed by atoms with Crippen molar-refractivity contribution in [2.75, 3.05) is 5.32 Å². The lowest BCUT2D eigenvalue weighted by atomic mass is 10.3. The van der Waals surface area contributed by atoms with Crippen molar-refractivity contribution in [2.24, 2.45) is 0 Å². The van der Waals surface area contributed by atoms with Crippen LogP contribution in [-0.2, 0) is 6.54 Å². The fourth-order valence-corrected chi connectivity index (χ4v) is 2.93. The first-order valence-corrected chi connectivity index (χ1v) is 7.02. The van der Waals surface area contributed by atoms with Gasteiger partial charge >= 0.3 is 5.00 Å². The van der Waals surface area contributed by atoms with Gasteiger partial charge in [0.15, 0.2) is 0 Å². The summed E-state index contributed by atoms with van der Waals surface area (Å²) in [5.41, 5.74) is 1.78. The molecule has 1 aromatic heterocycles. The van der Waals surface area contributed by atoms with Gasteiger partial charge in [-0.05, 0) is 39.7 Å². The monoisotopic (exact) mass is 346 g/mol. The standard InChI is InChI=1S/C11H8BrClN2O2S/c12-9-4-8(13)1-2-10(9)14-5-7-3-11(15(16)17)18-6-7/h1-4,6,14H,5H2. The summed E-state index contributed by atoms with van der Waals surface area (Å²) in [6.45, 7) is 0.532. The fraction of sp³-hybridized carbons (Fsp3) is 0.0909. The SMILES string of the molecule is O=[N+]([O-])c1cc(CNc2ccc(Cl)cc2Br)cs1. The first-order chi connectivity index (χ1) is 8.56. The van der Waals surface area contributed by atoms with Crippen molar-refractivity contribution < 1.29 is 4.92 Å². The van der Waals surface area contributed by atoms with Crippen LogP contribution in [-0.4, -0.2) is 4.92 Å². The minimum absolute atomic E-state index is 0.155. The van der Waals surface area contributed by atoms with Crippen LogP contribution in [0.5, 0.6) is 0 Å². The van der Waals surface area contributed by atoms with Crippen LogP contribution in [0.25, 0.3) is 0 Å². The second-order valence-corrected chi connectivity index (χ2v) is 5.71.